The number of anilines is 1. The van der Waals surface area contributed by atoms with Crippen LogP contribution in [0, 0.1) is 0 Å². The topological polar surface area (TPSA) is 55.9 Å². The van der Waals surface area contributed by atoms with Gasteiger partial charge in [0.2, 0.25) is 11.8 Å². The number of rotatable bonds is 6. The van der Waals surface area contributed by atoms with Gasteiger partial charge in [0.25, 0.3) is 0 Å². The van der Waals surface area contributed by atoms with Crippen molar-refractivity contribution in [1.82, 2.24) is 15.1 Å². The lowest BCUT2D eigenvalue weighted by Crippen LogP contribution is -2.53. The first-order valence-corrected chi connectivity index (χ1v) is 9.95. The Balaban J connectivity index is 1.38. The molecule has 0 saturated carbocycles. The predicted octanol–water partition coefficient (Wildman–Crippen LogP) is 0.846. The Hall–Kier alpha value is -1.73. The molecule has 1 aromatic carbocycles. The van der Waals surface area contributed by atoms with Gasteiger partial charge in [0.05, 0.1) is 11.6 Å². The van der Waals surface area contributed by atoms with E-state index >= 15 is 0 Å². The van der Waals surface area contributed by atoms with Gasteiger partial charge in [0, 0.05) is 44.5 Å². The zero-order chi connectivity index (χ0) is 17.6. The molecule has 6 nitrogen and oxygen atoms in total. The maximum absolute atomic E-state index is 12.0. The molecule has 0 aliphatic carbocycles. The number of piperazine rings is 1. The number of nitrogens with one attached hydrogen (secondary N) is 1. The van der Waals surface area contributed by atoms with Crippen molar-refractivity contribution >= 4 is 29.3 Å². The van der Waals surface area contributed by atoms with Gasteiger partial charge in [-0.25, -0.2) is 0 Å². The summed E-state index contributed by atoms with van der Waals surface area (Å²) in [5.74, 6) is 1.12. The number of para-hydroxylation sites is 1. The average Bonchev–Trinajstić information content (AvgIpc) is 3.05. The summed E-state index contributed by atoms with van der Waals surface area (Å²) in [6.45, 7) is 6.94. The number of nitrogens with zero attached hydrogens (tertiary/aromatic N) is 3. The fraction of sp³-hybridized carbons (Fsp3) is 0.556. The standard InChI is InChI=1S/C18H26N4O2S/c1-15(11-19-17(23)12-22-14-25-13-18(22)24)20-7-9-21(10-8-20)16-5-3-2-4-6-16/h2-6,15H,7-14H2,1H3,(H,19,23). The minimum absolute atomic E-state index is 0.0604. The Bertz CT molecular complexity index is 590. The molecule has 1 atom stereocenters. The molecule has 0 spiro atoms. The number of amides is 2. The summed E-state index contributed by atoms with van der Waals surface area (Å²) in [6, 6.07) is 10.8. The summed E-state index contributed by atoms with van der Waals surface area (Å²) in [5, 5.41) is 2.97. The second-order valence-corrected chi connectivity index (χ2v) is 7.54. The maximum atomic E-state index is 12.0. The van der Waals surface area contributed by atoms with Crippen LogP contribution in [0.4, 0.5) is 5.69 Å². The monoisotopic (exact) mass is 362 g/mol. The Labute approximate surface area is 153 Å². The molecule has 3 rings (SSSR count). The summed E-state index contributed by atoms with van der Waals surface area (Å²) in [7, 11) is 0. The van der Waals surface area contributed by atoms with Gasteiger partial charge in [0.15, 0.2) is 0 Å². The highest BCUT2D eigenvalue weighted by Crippen LogP contribution is 2.16. The van der Waals surface area contributed by atoms with Crippen LogP contribution in [0.1, 0.15) is 6.92 Å². The van der Waals surface area contributed by atoms with Crippen LogP contribution in [0.3, 0.4) is 0 Å². The lowest BCUT2D eigenvalue weighted by Gasteiger charge is -2.39. The van der Waals surface area contributed by atoms with Crippen LogP contribution in [-0.4, -0.2) is 78.6 Å². The first-order valence-electron chi connectivity index (χ1n) is 8.80. The van der Waals surface area contributed by atoms with Gasteiger partial charge in [-0.1, -0.05) is 18.2 Å². The predicted molar refractivity (Wildman–Crippen MR) is 102 cm³/mol. The Morgan fingerprint density at radius 1 is 1.20 bits per heavy atom. The molecule has 2 aliphatic rings. The number of carbonyl (C=O) groups excluding carboxylic acids is 2. The molecule has 2 heterocycles. The number of hydrogen-bond donors (Lipinski definition) is 1. The molecule has 2 amide bonds. The summed E-state index contributed by atoms with van der Waals surface area (Å²) in [4.78, 5) is 30.0. The van der Waals surface area contributed by atoms with Gasteiger partial charge in [-0.3, -0.25) is 14.5 Å². The molecule has 2 saturated heterocycles. The van der Waals surface area contributed by atoms with E-state index in [9.17, 15) is 9.59 Å². The van der Waals surface area contributed by atoms with Crippen LogP contribution < -0.4 is 10.2 Å². The van der Waals surface area contributed by atoms with E-state index in [1.807, 2.05) is 6.07 Å². The SMILES string of the molecule is CC(CNC(=O)CN1CSCC1=O)N1CCN(c2ccccc2)CC1. The van der Waals surface area contributed by atoms with Crippen LogP contribution >= 0.6 is 11.8 Å². The summed E-state index contributed by atoms with van der Waals surface area (Å²) < 4.78 is 0. The van der Waals surface area contributed by atoms with E-state index in [1.165, 1.54) is 5.69 Å². The molecule has 25 heavy (non-hydrogen) atoms. The van der Waals surface area contributed by atoms with Crippen molar-refractivity contribution in [3.63, 3.8) is 0 Å². The molecule has 1 unspecified atom stereocenters. The van der Waals surface area contributed by atoms with Crippen molar-refractivity contribution in [2.24, 2.45) is 0 Å². The van der Waals surface area contributed by atoms with Crippen molar-refractivity contribution < 1.29 is 9.59 Å². The first kappa shape index (κ1) is 18.1. The van der Waals surface area contributed by atoms with E-state index in [0.29, 0.717) is 24.2 Å². The molecule has 136 valence electrons. The van der Waals surface area contributed by atoms with Gasteiger partial charge in [-0.05, 0) is 19.1 Å². The van der Waals surface area contributed by atoms with Gasteiger partial charge < -0.3 is 15.1 Å². The van der Waals surface area contributed by atoms with E-state index < -0.39 is 0 Å². The Morgan fingerprint density at radius 2 is 1.92 bits per heavy atom. The molecule has 1 aromatic rings. The number of hydrogen-bond acceptors (Lipinski definition) is 5. The molecular weight excluding hydrogens is 336 g/mol. The molecule has 0 bridgehead atoms. The third-order valence-corrected chi connectivity index (χ3v) is 5.76. The third kappa shape index (κ3) is 4.89. The molecule has 0 aromatic heterocycles. The van der Waals surface area contributed by atoms with E-state index in [1.54, 1.807) is 16.7 Å². The molecular formula is C18H26N4O2S. The lowest BCUT2D eigenvalue weighted by atomic mass is 10.2. The minimum Gasteiger partial charge on any atom is -0.369 e. The van der Waals surface area contributed by atoms with Crippen LogP contribution in [0.2, 0.25) is 0 Å². The van der Waals surface area contributed by atoms with E-state index in [-0.39, 0.29) is 18.4 Å². The highest BCUT2D eigenvalue weighted by Gasteiger charge is 2.24. The molecule has 0 radical (unpaired) electrons. The van der Waals surface area contributed by atoms with Crippen molar-refractivity contribution in [2.45, 2.75) is 13.0 Å². The lowest BCUT2D eigenvalue weighted by molar-refractivity contribution is -0.132. The van der Waals surface area contributed by atoms with Crippen molar-refractivity contribution in [3.05, 3.63) is 30.3 Å². The normalized spacial score (nSPS) is 20.0. The number of benzene rings is 1. The number of thioether (sulfide) groups is 1. The molecule has 7 heteroatoms. The highest BCUT2D eigenvalue weighted by atomic mass is 32.2. The van der Waals surface area contributed by atoms with Crippen molar-refractivity contribution in [2.75, 3.05) is 55.8 Å². The molecule has 2 fully saturated rings. The van der Waals surface area contributed by atoms with E-state index in [0.717, 1.165) is 26.2 Å². The van der Waals surface area contributed by atoms with Gasteiger partial charge >= 0.3 is 0 Å². The Morgan fingerprint density at radius 3 is 2.56 bits per heavy atom. The fourth-order valence-corrected chi connectivity index (χ4v) is 4.12. The maximum Gasteiger partial charge on any atom is 0.239 e. The summed E-state index contributed by atoms with van der Waals surface area (Å²) in [5.41, 5.74) is 1.27. The van der Waals surface area contributed by atoms with Crippen LogP contribution in [-0.2, 0) is 9.59 Å². The first-order chi connectivity index (χ1) is 12.1. The van der Waals surface area contributed by atoms with E-state index in [4.69, 9.17) is 0 Å². The minimum atomic E-state index is -0.0642. The van der Waals surface area contributed by atoms with Gasteiger partial charge in [-0.2, -0.15) is 0 Å². The summed E-state index contributed by atoms with van der Waals surface area (Å²) >= 11 is 1.56. The summed E-state index contributed by atoms with van der Waals surface area (Å²) in [6.07, 6.45) is 0. The van der Waals surface area contributed by atoms with E-state index in [2.05, 4.69) is 46.3 Å². The van der Waals surface area contributed by atoms with Crippen LogP contribution in [0.25, 0.3) is 0 Å². The quantitative estimate of drug-likeness (QED) is 0.813. The fourth-order valence-electron chi connectivity index (χ4n) is 3.22. The second kappa shape index (κ2) is 8.58. The van der Waals surface area contributed by atoms with Crippen molar-refractivity contribution in [1.29, 1.82) is 0 Å². The largest absolute Gasteiger partial charge is 0.369 e. The van der Waals surface area contributed by atoms with Crippen LogP contribution in [0.15, 0.2) is 30.3 Å². The zero-order valence-corrected chi connectivity index (χ0v) is 15.5. The smallest absolute Gasteiger partial charge is 0.239 e. The second-order valence-electron chi connectivity index (χ2n) is 6.58. The van der Waals surface area contributed by atoms with Gasteiger partial charge in [-0.15, -0.1) is 11.8 Å². The van der Waals surface area contributed by atoms with Gasteiger partial charge in [0.1, 0.15) is 6.54 Å². The molecule has 2 aliphatic heterocycles. The zero-order valence-electron chi connectivity index (χ0n) is 14.7. The van der Waals surface area contributed by atoms with Crippen LogP contribution in [0.5, 0.6) is 0 Å². The molecule has 1 N–H and O–H groups in total. The third-order valence-electron chi connectivity index (χ3n) is 4.81. The van der Waals surface area contributed by atoms with Crippen molar-refractivity contribution in [3.8, 4) is 0 Å². The number of carbonyl (C=O) groups is 2. The average molecular weight is 362 g/mol. The Kier molecular flexibility index (Phi) is 6.20. The highest BCUT2D eigenvalue weighted by molar-refractivity contribution is 8.00.